The average molecular weight is 328 g/mol. The van der Waals surface area contributed by atoms with E-state index in [0.29, 0.717) is 17.9 Å². The zero-order valence-corrected chi connectivity index (χ0v) is 14.4. The first-order chi connectivity index (χ1) is 11.7. The molecule has 0 atom stereocenters. The van der Waals surface area contributed by atoms with Gasteiger partial charge in [0.2, 0.25) is 0 Å². The van der Waals surface area contributed by atoms with Gasteiger partial charge in [-0.3, -0.25) is 4.79 Å². The van der Waals surface area contributed by atoms with Crippen molar-refractivity contribution in [2.75, 3.05) is 13.1 Å². The van der Waals surface area contributed by atoms with Crippen molar-refractivity contribution >= 4 is 5.91 Å². The van der Waals surface area contributed by atoms with Crippen LogP contribution in [0.4, 0.5) is 0 Å². The Morgan fingerprint density at radius 2 is 1.88 bits per heavy atom. The molecule has 2 aromatic rings. The molecule has 1 saturated heterocycles. The number of aryl methyl sites for hydroxylation is 2. The Hall–Kier alpha value is -2.30. The van der Waals surface area contributed by atoms with Gasteiger partial charge in [-0.1, -0.05) is 30.1 Å². The fraction of sp³-hybridized carbons (Fsp3) is 0.474. The highest BCUT2D eigenvalue weighted by atomic mass is 16.5. The van der Waals surface area contributed by atoms with E-state index in [4.69, 9.17) is 9.26 Å². The van der Waals surface area contributed by atoms with Crippen molar-refractivity contribution in [3.8, 4) is 5.75 Å². The van der Waals surface area contributed by atoms with Crippen LogP contribution in [-0.4, -0.2) is 29.1 Å². The summed E-state index contributed by atoms with van der Waals surface area (Å²) in [7, 11) is 0. The predicted molar refractivity (Wildman–Crippen MR) is 91.1 cm³/mol. The Bertz CT molecular complexity index is 681. The van der Waals surface area contributed by atoms with Gasteiger partial charge in [-0.15, -0.1) is 0 Å². The Labute approximate surface area is 142 Å². The van der Waals surface area contributed by atoms with Gasteiger partial charge in [0.05, 0.1) is 16.8 Å². The van der Waals surface area contributed by atoms with Crippen LogP contribution >= 0.6 is 0 Å². The van der Waals surface area contributed by atoms with Gasteiger partial charge < -0.3 is 14.2 Å². The highest BCUT2D eigenvalue weighted by Crippen LogP contribution is 2.24. The number of hydrogen-bond donors (Lipinski definition) is 0. The first kappa shape index (κ1) is 16.6. The van der Waals surface area contributed by atoms with Crippen LogP contribution in [0.25, 0.3) is 0 Å². The topological polar surface area (TPSA) is 55.6 Å². The number of amides is 1. The van der Waals surface area contributed by atoms with Gasteiger partial charge in [0.25, 0.3) is 5.91 Å². The molecule has 1 amide bonds. The van der Waals surface area contributed by atoms with Crippen LogP contribution < -0.4 is 4.74 Å². The van der Waals surface area contributed by atoms with Crippen molar-refractivity contribution in [3.05, 3.63) is 46.8 Å². The number of carbonyl (C=O) groups is 1. The summed E-state index contributed by atoms with van der Waals surface area (Å²) in [5, 5.41) is 3.94. The van der Waals surface area contributed by atoms with E-state index in [2.05, 4.69) is 5.16 Å². The third kappa shape index (κ3) is 3.61. The minimum atomic E-state index is 0.0614. The second-order valence-corrected chi connectivity index (χ2v) is 6.29. The van der Waals surface area contributed by atoms with Gasteiger partial charge in [-0.2, -0.15) is 0 Å². The molecule has 3 rings (SSSR count). The predicted octanol–water partition coefficient (Wildman–Crippen LogP) is 3.89. The van der Waals surface area contributed by atoms with Gasteiger partial charge >= 0.3 is 0 Å². The quantitative estimate of drug-likeness (QED) is 0.854. The van der Waals surface area contributed by atoms with E-state index in [1.54, 1.807) is 0 Å². The second kappa shape index (κ2) is 7.51. The van der Waals surface area contributed by atoms with E-state index in [1.807, 2.05) is 43.0 Å². The number of aromatic nitrogens is 1. The van der Waals surface area contributed by atoms with Gasteiger partial charge in [-0.05, 0) is 38.8 Å². The number of rotatable bonds is 4. The van der Waals surface area contributed by atoms with Crippen molar-refractivity contribution in [2.45, 2.75) is 46.1 Å². The summed E-state index contributed by atoms with van der Waals surface area (Å²) < 4.78 is 11.1. The molecule has 0 spiro atoms. The number of nitrogens with zero attached hydrogens (tertiary/aromatic N) is 2. The van der Waals surface area contributed by atoms with Crippen LogP contribution in [0.5, 0.6) is 5.75 Å². The van der Waals surface area contributed by atoms with Crippen LogP contribution in [-0.2, 0) is 6.61 Å². The number of benzene rings is 1. The Morgan fingerprint density at radius 3 is 2.54 bits per heavy atom. The summed E-state index contributed by atoms with van der Waals surface area (Å²) in [6, 6.07) is 7.47. The molecule has 1 aliphatic rings. The van der Waals surface area contributed by atoms with Gasteiger partial charge in [0, 0.05) is 13.1 Å². The minimum Gasteiger partial charge on any atom is -0.488 e. The molecule has 2 heterocycles. The largest absolute Gasteiger partial charge is 0.488 e. The number of ether oxygens (including phenoxy) is 1. The zero-order chi connectivity index (χ0) is 16.9. The summed E-state index contributed by atoms with van der Waals surface area (Å²) in [5.41, 5.74) is 2.39. The third-order valence-electron chi connectivity index (χ3n) is 4.56. The Morgan fingerprint density at radius 1 is 1.17 bits per heavy atom. The molecule has 0 aliphatic carbocycles. The molecule has 128 valence electrons. The molecule has 24 heavy (non-hydrogen) atoms. The number of likely N-dealkylation sites (tertiary alicyclic amines) is 1. The van der Waals surface area contributed by atoms with Gasteiger partial charge in [0.15, 0.2) is 0 Å². The first-order valence-electron chi connectivity index (χ1n) is 8.59. The maximum atomic E-state index is 12.9. The van der Waals surface area contributed by atoms with E-state index in [9.17, 15) is 4.79 Å². The van der Waals surface area contributed by atoms with E-state index >= 15 is 0 Å². The number of hydrogen-bond acceptors (Lipinski definition) is 4. The summed E-state index contributed by atoms with van der Waals surface area (Å²) in [6.07, 6.45) is 4.56. The van der Waals surface area contributed by atoms with Crippen molar-refractivity contribution < 1.29 is 14.1 Å². The molecule has 1 aromatic heterocycles. The van der Waals surface area contributed by atoms with Crippen molar-refractivity contribution in [1.82, 2.24) is 10.1 Å². The van der Waals surface area contributed by atoms with Crippen LogP contribution in [0.15, 0.2) is 28.8 Å². The molecule has 1 aromatic carbocycles. The third-order valence-corrected chi connectivity index (χ3v) is 4.56. The smallest absolute Gasteiger partial charge is 0.257 e. The van der Waals surface area contributed by atoms with Gasteiger partial charge in [0.1, 0.15) is 18.1 Å². The lowest BCUT2D eigenvalue weighted by molar-refractivity contribution is 0.0756. The van der Waals surface area contributed by atoms with Crippen LogP contribution in [0.2, 0.25) is 0 Å². The second-order valence-electron chi connectivity index (χ2n) is 6.29. The van der Waals surface area contributed by atoms with Gasteiger partial charge in [-0.25, -0.2) is 0 Å². The monoisotopic (exact) mass is 328 g/mol. The van der Waals surface area contributed by atoms with Crippen molar-refractivity contribution in [2.24, 2.45) is 0 Å². The highest BCUT2D eigenvalue weighted by Gasteiger charge is 2.21. The molecular formula is C19H24N2O3. The minimum absolute atomic E-state index is 0.0614. The Balaban J connectivity index is 1.76. The van der Waals surface area contributed by atoms with Crippen LogP contribution in [0.1, 0.15) is 53.1 Å². The SMILES string of the molecule is Cc1noc(C)c1COc1ccccc1C(=O)N1CCCCCC1. The zero-order valence-electron chi connectivity index (χ0n) is 14.4. The summed E-state index contributed by atoms with van der Waals surface area (Å²) in [5.74, 6) is 1.43. The lowest BCUT2D eigenvalue weighted by Gasteiger charge is -2.21. The van der Waals surface area contributed by atoms with E-state index < -0.39 is 0 Å². The lowest BCUT2D eigenvalue weighted by Crippen LogP contribution is -2.32. The standard InChI is InChI=1S/C19H24N2O3/c1-14-17(15(2)24-20-14)13-23-18-10-6-5-9-16(18)19(22)21-11-7-3-4-8-12-21/h5-6,9-10H,3-4,7-8,11-13H2,1-2H3. The van der Waals surface area contributed by atoms with E-state index in [1.165, 1.54) is 12.8 Å². The average Bonchev–Trinajstić information content (AvgIpc) is 2.81. The first-order valence-corrected chi connectivity index (χ1v) is 8.59. The molecular weight excluding hydrogens is 304 g/mol. The normalized spacial score (nSPS) is 15.2. The van der Waals surface area contributed by atoms with E-state index in [-0.39, 0.29) is 5.91 Å². The number of carbonyl (C=O) groups excluding carboxylic acids is 1. The Kier molecular flexibility index (Phi) is 5.18. The number of para-hydroxylation sites is 1. The maximum Gasteiger partial charge on any atom is 0.257 e. The van der Waals surface area contributed by atoms with E-state index in [0.717, 1.165) is 42.9 Å². The molecule has 0 unspecified atom stereocenters. The molecule has 5 heteroatoms. The lowest BCUT2D eigenvalue weighted by atomic mass is 10.1. The van der Waals surface area contributed by atoms with Crippen molar-refractivity contribution in [3.63, 3.8) is 0 Å². The fourth-order valence-electron chi connectivity index (χ4n) is 3.07. The molecule has 0 bridgehead atoms. The molecule has 0 radical (unpaired) electrons. The molecule has 0 N–H and O–H groups in total. The molecule has 1 aliphatic heterocycles. The summed E-state index contributed by atoms with van der Waals surface area (Å²) >= 11 is 0. The summed E-state index contributed by atoms with van der Waals surface area (Å²) in [6.45, 7) is 5.77. The molecule has 1 fully saturated rings. The van der Waals surface area contributed by atoms with Crippen molar-refractivity contribution in [1.29, 1.82) is 0 Å². The maximum absolute atomic E-state index is 12.9. The van der Waals surface area contributed by atoms with Crippen LogP contribution in [0.3, 0.4) is 0 Å². The summed E-state index contributed by atoms with van der Waals surface area (Å²) in [4.78, 5) is 14.8. The van der Waals surface area contributed by atoms with Crippen LogP contribution in [0, 0.1) is 13.8 Å². The molecule has 0 saturated carbocycles. The fourth-order valence-corrected chi connectivity index (χ4v) is 3.07. The highest BCUT2D eigenvalue weighted by molar-refractivity contribution is 5.97. The molecule has 5 nitrogen and oxygen atoms in total.